The molecule has 0 saturated heterocycles. The monoisotopic (exact) mass is 326 g/mol. The predicted molar refractivity (Wildman–Crippen MR) is 84.4 cm³/mol. The minimum Gasteiger partial charge on any atom is -0.493 e. The maximum atomic E-state index is 9.58. The maximum absolute atomic E-state index is 9.58. The number of aliphatic hydroxyl groups excluding tert-OH is 1. The first-order valence-corrected chi connectivity index (χ1v) is 7.19. The highest BCUT2D eigenvalue weighted by Gasteiger charge is 2.10. The zero-order chi connectivity index (χ0) is 15.4. The van der Waals surface area contributed by atoms with Gasteiger partial charge in [0.05, 0.1) is 13.2 Å². The minimum absolute atomic E-state index is 0.306. The first-order chi connectivity index (χ1) is 10.0. The van der Waals surface area contributed by atoms with Crippen LogP contribution in [0.3, 0.4) is 0 Å². The number of benzene rings is 2. The highest BCUT2D eigenvalue weighted by Crippen LogP contribution is 2.31. The molecule has 1 atom stereocenters. The third kappa shape index (κ3) is 4.03. The van der Waals surface area contributed by atoms with E-state index in [-0.39, 0.29) is 0 Å². The van der Waals surface area contributed by atoms with Crippen LogP contribution >= 0.6 is 23.2 Å². The largest absolute Gasteiger partial charge is 0.493 e. The molecule has 0 bridgehead atoms. The van der Waals surface area contributed by atoms with Crippen LogP contribution in [0.5, 0.6) is 11.5 Å². The van der Waals surface area contributed by atoms with E-state index in [1.54, 1.807) is 44.4 Å². The summed E-state index contributed by atoms with van der Waals surface area (Å²) in [5.41, 5.74) is 1.60. The molecule has 5 heteroatoms. The number of hydrogen-bond donors (Lipinski definition) is 1. The van der Waals surface area contributed by atoms with Crippen LogP contribution in [0.15, 0.2) is 36.4 Å². The van der Waals surface area contributed by atoms with E-state index in [1.807, 2.05) is 6.07 Å². The molecule has 0 fully saturated rings. The van der Waals surface area contributed by atoms with Gasteiger partial charge in [-0.15, -0.1) is 0 Å². The molecule has 1 unspecified atom stereocenters. The summed E-state index contributed by atoms with van der Waals surface area (Å²) in [4.78, 5) is 0. The zero-order valence-corrected chi connectivity index (χ0v) is 13.3. The summed E-state index contributed by atoms with van der Waals surface area (Å²) in [7, 11) is 1.56. The number of rotatable bonds is 5. The summed E-state index contributed by atoms with van der Waals surface area (Å²) in [6, 6.07) is 10.6. The normalized spacial score (nSPS) is 12.0. The summed E-state index contributed by atoms with van der Waals surface area (Å²) in [5, 5.41) is 10.7. The Labute approximate surface area is 134 Å². The van der Waals surface area contributed by atoms with E-state index >= 15 is 0 Å². The van der Waals surface area contributed by atoms with Crippen molar-refractivity contribution in [2.45, 2.75) is 19.6 Å². The Balaban J connectivity index is 2.16. The van der Waals surface area contributed by atoms with Gasteiger partial charge < -0.3 is 14.6 Å². The lowest BCUT2D eigenvalue weighted by molar-refractivity contribution is 0.198. The van der Waals surface area contributed by atoms with Gasteiger partial charge in [-0.2, -0.15) is 0 Å². The van der Waals surface area contributed by atoms with Crippen molar-refractivity contribution in [3.8, 4) is 11.5 Å². The lowest BCUT2D eigenvalue weighted by Crippen LogP contribution is -2.00. The molecule has 0 aromatic heterocycles. The number of halogens is 2. The van der Waals surface area contributed by atoms with Crippen molar-refractivity contribution in [3.63, 3.8) is 0 Å². The molecule has 1 N–H and O–H groups in total. The number of methoxy groups -OCH3 is 1. The molecule has 0 aliphatic rings. The molecular formula is C16H16Cl2O3. The second kappa shape index (κ2) is 7.03. The number of ether oxygens (including phenoxy) is 2. The van der Waals surface area contributed by atoms with E-state index < -0.39 is 6.10 Å². The fourth-order valence-corrected chi connectivity index (χ4v) is 2.32. The van der Waals surface area contributed by atoms with Crippen LogP contribution in [0, 0.1) is 0 Å². The average molecular weight is 327 g/mol. The SMILES string of the molecule is COc1cc(C(C)O)ccc1OCc1ccc(Cl)cc1Cl. The smallest absolute Gasteiger partial charge is 0.161 e. The van der Waals surface area contributed by atoms with Crippen LogP contribution in [-0.4, -0.2) is 12.2 Å². The van der Waals surface area contributed by atoms with E-state index in [0.29, 0.717) is 28.2 Å². The van der Waals surface area contributed by atoms with Crippen molar-refractivity contribution >= 4 is 23.2 Å². The summed E-state index contributed by atoms with van der Waals surface area (Å²) in [6.07, 6.45) is -0.557. The molecule has 0 radical (unpaired) electrons. The lowest BCUT2D eigenvalue weighted by Gasteiger charge is -2.14. The van der Waals surface area contributed by atoms with Gasteiger partial charge >= 0.3 is 0 Å². The second-order valence-electron chi connectivity index (χ2n) is 4.61. The van der Waals surface area contributed by atoms with Gasteiger partial charge in [-0.3, -0.25) is 0 Å². The van der Waals surface area contributed by atoms with Crippen LogP contribution < -0.4 is 9.47 Å². The third-order valence-corrected chi connectivity index (χ3v) is 3.66. The summed E-state index contributed by atoms with van der Waals surface area (Å²) >= 11 is 12.0. The molecule has 0 aliphatic carbocycles. The van der Waals surface area contributed by atoms with Gasteiger partial charge in [0.25, 0.3) is 0 Å². The molecule has 0 heterocycles. The van der Waals surface area contributed by atoms with E-state index in [1.165, 1.54) is 0 Å². The van der Waals surface area contributed by atoms with E-state index in [4.69, 9.17) is 32.7 Å². The predicted octanol–water partition coefficient (Wildman–Crippen LogP) is 4.63. The Bertz CT molecular complexity index is 627. The van der Waals surface area contributed by atoms with Crippen LogP contribution in [0.25, 0.3) is 0 Å². The standard InChI is InChI=1S/C16H16Cl2O3/c1-10(19)11-4-6-15(16(7-11)20-2)21-9-12-3-5-13(17)8-14(12)18/h3-8,10,19H,9H2,1-2H3. The number of aliphatic hydroxyl groups is 1. The maximum Gasteiger partial charge on any atom is 0.161 e. The van der Waals surface area contributed by atoms with Gasteiger partial charge in [0.15, 0.2) is 11.5 Å². The molecule has 3 nitrogen and oxygen atoms in total. The topological polar surface area (TPSA) is 38.7 Å². The molecule has 0 spiro atoms. The van der Waals surface area contributed by atoms with Crippen molar-refractivity contribution in [1.29, 1.82) is 0 Å². The molecule has 0 saturated carbocycles. The average Bonchev–Trinajstić information content (AvgIpc) is 2.46. The highest BCUT2D eigenvalue weighted by atomic mass is 35.5. The molecule has 21 heavy (non-hydrogen) atoms. The van der Waals surface area contributed by atoms with Crippen LogP contribution in [0.2, 0.25) is 10.0 Å². The van der Waals surface area contributed by atoms with E-state index in [2.05, 4.69) is 0 Å². The lowest BCUT2D eigenvalue weighted by atomic mass is 10.1. The second-order valence-corrected chi connectivity index (χ2v) is 5.45. The Morgan fingerprint density at radius 3 is 2.48 bits per heavy atom. The van der Waals surface area contributed by atoms with Crippen molar-refractivity contribution in [2.75, 3.05) is 7.11 Å². The Kier molecular flexibility index (Phi) is 5.34. The molecular weight excluding hydrogens is 311 g/mol. The fraction of sp³-hybridized carbons (Fsp3) is 0.250. The molecule has 0 aliphatic heterocycles. The quantitative estimate of drug-likeness (QED) is 0.870. The number of hydrogen-bond acceptors (Lipinski definition) is 3. The van der Waals surface area contributed by atoms with Crippen molar-refractivity contribution in [3.05, 3.63) is 57.6 Å². The van der Waals surface area contributed by atoms with Crippen LogP contribution in [0.4, 0.5) is 0 Å². The fourth-order valence-electron chi connectivity index (χ4n) is 1.86. The van der Waals surface area contributed by atoms with Gasteiger partial charge in [0, 0.05) is 15.6 Å². The Morgan fingerprint density at radius 2 is 1.86 bits per heavy atom. The highest BCUT2D eigenvalue weighted by molar-refractivity contribution is 6.35. The van der Waals surface area contributed by atoms with Crippen LogP contribution in [-0.2, 0) is 6.61 Å². The summed E-state index contributed by atoms with van der Waals surface area (Å²) < 4.78 is 11.0. The molecule has 2 aromatic carbocycles. The van der Waals surface area contributed by atoms with Gasteiger partial charge in [-0.1, -0.05) is 35.3 Å². The molecule has 0 amide bonds. The third-order valence-electron chi connectivity index (χ3n) is 3.07. The first kappa shape index (κ1) is 16.0. The van der Waals surface area contributed by atoms with Gasteiger partial charge in [0.2, 0.25) is 0 Å². The van der Waals surface area contributed by atoms with Crippen molar-refractivity contribution < 1.29 is 14.6 Å². The molecule has 112 valence electrons. The summed E-state index contributed by atoms with van der Waals surface area (Å²) in [6.45, 7) is 2.00. The van der Waals surface area contributed by atoms with Crippen molar-refractivity contribution in [1.82, 2.24) is 0 Å². The van der Waals surface area contributed by atoms with Gasteiger partial charge in [-0.25, -0.2) is 0 Å². The Hall–Kier alpha value is -1.42. The molecule has 2 rings (SSSR count). The Morgan fingerprint density at radius 1 is 1.10 bits per heavy atom. The zero-order valence-electron chi connectivity index (χ0n) is 11.8. The van der Waals surface area contributed by atoms with E-state index in [0.717, 1.165) is 11.1 Å². The van der Waals surface area contributed by atoms with Gasteiger partial charge in [0.1, 0.15) is 6.61 Å². The van der Waals surface area contributed by atoms with Gasteiger partial charge in [-0.05, 0) is 36.8 Å². The van der Waals surface area contributed by atoms with Crippen molar-refractivity contribution in [2.24, 2.45) is 0 Å². The van der Waals surface area contributed by atoms with Crippen LogP contribution in [0.1, 0.15) is 24.2 Å². The minimum atomic E-state index is -0.557. The summed E-state index contributed by atoms with van der Waals surface area (Å²) in [5.74, 6) is 1.16. The molecule has 2 aromatic rings. The first-order valence-electron chi connectivity index (χ1n) is 6.44. The van der Waals surface area contributed by atoms with E-state index in [9.17, 15) is 5.11 Å².